The number of azo groups is 1. The molecule has 9 heteroatoms. The Morgan fingerprint density at radius 1 is 0.976 bits per heavy atom. The van der Waals surface area contributed by atoms with E-state index in [0.717, 1.165) is 36.0 Å². The normalized spacial score (nSPS) is 25.3. The average molecular weight is 573 g/mol. The number of likely N-dealkylation sites (tertiary alicyclic amines) is 1. The van der Waals surface area contributed by atoms with Crippen molar-refractivity contribution in [3.8, 4) is 11.1 Å². The fraction of sp³-hybridized carbons (Fsp3) is 0.606. The molecule has 2 aliphatic heterocycles. The molecule has 1 unspecified atom stereocenters. The maximum Gasteiger partial charge on any atom is 0.242 e. The second-order valence-electron chi connectivity index (χ2n) is 12.8. The van der Waals surface area contributed by atoms with Gasteiger partial charge >= 0.3 is 0 Å². The summed E-state index contributed by atoms with van der Waals surface area (Å²) in [5.41, 5.74) is 2.29. The predicted molar refractivity (Wildman–Crippen MR) is 161 cm³/mol. The molecule has 1 N–H and O–H groups in total. The molecular formula is C33H44N6O3. The molecule has 4 atom stereocenters. The fourth-order valence-electron chi connectivity index (χ4n) is 6.72. The molecule has 2 aromatic rings. The van der Waals surface area contributed by atoms with Crippen molar-refractivity contribution in [1.29, 1.82) is 0 Å². The van der Waals surface area contributed by atoms with Crippen LogP contribution < -0.4 is 5.32 Å². The zero-order valence-corrected chi connectivity index (χ0v) is 25.7. The summed E-state index contributed by atoms with van der Waals surface area (Å²) in [4.78, 5) is 51.1. The fourth-order valence-corrected chi connectivity index (χ4v) is 6.72. The van der Waals surface area contributed by atoms with Gasteiger partial charge in [-0.1, -0.05) is 52.4 Å². The van der Waals surface area contributed by atoms with E-state index in [4.69, 9.17) is 0 Å². The highest BCUT2D eigenvalue weighted by Crippen LogP contribution is 2.60. The summed E-state index contributed by atoms with van der Waals surface area (Å²) >= 11 is 0. The molecule has 3 aliphatic rings. The number of amides is 2. The Labute approximate surface area is 249 Å². The van der Waals surface area contributed by atoms with Crippen molar-refractivity contribution >= 4 is 23.3 Å². The molecule has 0 spiro atoms. The third kappa shape index (κ3) is 5.75. The van der Waals surface area contributed by atoms with Crippen LogP contribution in [-0.2, 0) is 19.9 Å². The number of aromatic nitrogens is 2. The van der Waals surface area contributed by atoms with Crippen molar-refractivity contribution in [3.05, 3.63) is 41.5 Å². The van der Waals surface area contributed by atoms with Crippen LogP contribution in [0.5, 0.6) is 0 Å². The first-order chi connectivity index (χ1) is 20.1. The number of unbranched alkanes of at least 4 members (excludes halogenated alkanes) is 6. The molecule has 1 aliphatic carbocycles. The molecule has 5 rings (SSSR count). The lowest BCUT2D eigenvalue weighted by Crippen LogP contribution is -2.50. The zero-order chi connectivity index (χ0) is 30.1. The van der Waals surface area contributed by atoms with Gasteiger partial charge in [0.1, 0.15) is 11.9 Å². The second-order valence-corrected chi connectivity index (χ2v) is 12.8. The Morgan fingerprint density at radius 3 is 2.36 bits per heavy atom. The number of nitrogens with zero attached hydrogens (tertiary/aromatic N) is 5. The first-order valence-corrected chi connectivity index (χ1v) is 15.6. The van der Waals surface area contributed by atoms with Crippen LogP contribution in [0.1, 0.15) is 102 Å². The van der Waals surface area contributed by atoms with E-state index in [1.165, 1.54) is 39.0 Å². The molecule has 1 aromatic carbocycles. The number of Topliss-reactive ketones (excluding diaryl/α,β-unsaturated/α-hetero) is 1. The third-order valence-corrected chi connectivity index (χ3v) is 9.48. The number of fused-ring (bicyclic) bond motifs is 2. The number of benzene rings is 1. The summed E-state index contributed by atoms with van der Waals surface area (Å²) in [5.74, 6) is 0.114. The Bertz CT molecular complexity index is 1390. The summed E-state index contributed by atoms with van der Waals surface area (Å²) < 4.78 is 0. The van der Waals surface area contributed by atoms with Crippen LogP contribution in [0.4, 0.5) is 5.69 Å². The van der Waals surface area contributed by atoms with Gasteiger partial charge in [0.15, 0.2) is 11.3 Å². The van der Waals surface area contributed by atoms with Crippen molar-refractivity contribution in [3.63, 3.8) is 0 Å². The van der Waals surface area contributed by atoms with Crippen LogP contribution in [-0.4, -0.2) is 51.1 Å². The van der Waals surface area contributed by atoms with Crippen LogP contribution in [0.3, 0.4) is 0 Å². The molecule has 0 bridgehead atoms. The van der Waals surface area contributed by atoms with Crippen LogP contribution in [0.25, 0.3) is 11.1 Å². The second kappa shape index (κ2) is 12.0. The number of hydrogen-bond acceptors (Lipinski definition) is 7. The molecule has 2 fully saturated rings. The molecule has 1 saturated heterocycles. The van der Waals surface area contributed by atoms with Gasteiger partial charge in [0.05, 0.1) is 12.1 Å². The summed E-state index contributed by atoms with van der Waals surface area (Å²) in [7, 11) is 0. The van der Waals surface area contributed by atoms with Gasteiger partial charge in [-0.05, 0) is 68.7 Å². The van der Waals surface area contributed by atoms with Gasteiger partial charge in [0.25, 0.3) is 0 Å². The van der Waals surface area contributed by atoms with Crippen LogP contribution in [0.15, 0.2) is 34.8 Å². The van der Waals surface area contributed by atoms with Crippen LogP contribution >= 0.6 is 0 Å². The largest absolute Gasteiger partial charge is 0.354 e. The van der Waals surface area contributed by atoms with Gasteiger partial charge in [-0.2, -0.15) is 10.2 Å². The highest BCUT2D eigenvalue weighted by Gasteiger charge is 2.65. The molecular weight excluding hydrogens is 528 g/mol. The lowest BCUT2D eigenvalue weighted by molar-refractivity contribution is -0.142. The molecule has 0 radical (unpaired) electrons. The SMILES string of the molecule is CCCCCCCCCNC(=O)[C@@H]1C[C@@]2(C)C[C@H]2N1C(=O)CC1(C(C)=O)N=Nc2c(C)cc(-c3cnc(C)nc3)cc21. The van der Waals surface area contributed by atoms with Crippen molar-refractivity contribution in [2.24, 2.45) is 15.6 Å². The zero-order valence-electron chi connectivity index (χ0n) is 25.7. The van der Waals surface area contributed by atoms with Gasteiger partial charge in [0, 0.05) is 36.1 Å². The van der Waals surface area contributed by atoms with Gasteiger partial charge in [-0.3, -0.25) is 14.4 Å². The summed E-state index contributed by atoms with van der Waals surface area (Å²) in [6, 6.07) is 3.36. The standard InChI is InChI=1S/C33H44N6O3/c1-6-7-8-9-10-11-12-13-34-31(42)27-16-32(5)17-28(32)39(27)29(41)18-33(22(3)40)26-15-24(14-21(2)30(26)37-38-33)25-19-35-23(4)36-20-25/h14-15,19-20,27-28H,6-13,16-18H2,1-5H3,(H,34,42)/t27-,28+,32-,33?/m0/s1. The summed E-state index contributed by atoms with van der Waals surface area (Å²) in [6.45, 7) is 10.2. The first-order valence-electron chi connectivity index (χ1n) is 15.6. The van der Waals surface area contributed by atoms with Crippen molar-refractivity contribution in [2.45, 2.75) is 116 Å². The Morgan fingerprint density at radius 2 is 1.67 bits per heavy atom. The molecule has 1 saturated carbocycles. The Kier molecular flexibility index (Phi) is 8.58. The monoisotopic (exact) mass is 572 g/mol. The molecule has 42 heavy (non-hydrogen) atoms. The predicted octanol–water partition coefficient (Wildman–Crippen LogP) is 6.28. The maximum atomic E-state index is 14.1. The van der Waals surface area contributed by atoms with Crippen molar-refractivity contribution < 1.29 is 14.4 Å². The van der Waals surface area contributed by atoms with Crippen LogP contribution in [0, 0.1) is 19.3 Å². The van der Waals surface area contributed by atoms with E-state index in [1.54, 1.807) is 17.3 Å². The highest BCUT2D eigenvalue weighted by molar-refractivity contribution is 5.98. The minimum atomic E-state index is -1.43. The van der Waals surface area contributed by atoms with Crippen molar-refractivity contribution in [1.82, 2.24) is 20.2 Å². The minimum Gasteiger partial charge on any atom is -0.354 e. The number of hydrogen-bond donors (Lipinski definition) is 1. The molecule has 9 nitrogen and oxygen atoms in total. The molecule has 2 amide bonds. The highest BCUT2D eigenvalue weighted by atomic mass is 16.2. The van der Waals surface area contributed by atoms with Crippen LogP contribution in [0.2, 0.25) is 0 Å². The molecule has 1 aromatic heterocycles. The lowest BCUT2D eigenvalue weighted by atomic mass is 9.81. The quantitative estimate of drug-likeness (QED) is 0.284. The van der Waals surface area contributed by atoms with E-state index in [-0.39, 0.29) is 35.5 Å². The van der Waals surface area contributed by atoms with E-state index in [1.807, 2.05) is 26.0 Å². The summed E-state index contributed by atoms with van der Waals surface area (Å²) in [5, 5.41) is 12.0. The van der Waals surface area contributed by atoms with Gasteiger partial charge in [-0.25, -0.2) is 9.97 Å². The number of rotatable bonds is 13. The van der Waals surface area contributed by atoms with E-state index < -0.39 is 11.6 Å². The topological polar surface area (TPSA) is 117 Å². The summed E-state index contributed by atoms with van der Waals surface area (Å²) in [6.07, 6.45) is 13.1. The Balaban J connectivity index is 1.31. The van der Waals surface area contributed by atoms with Gasteiger partial charge in [0.2, 0.25) is 11.8 Å². The number of aryl methyl sites for hydroxylation is 2. The molecule has 3 heterocycles. The maximum absolute atomic E-state index is 14.1. The van der Waals surface area contributed by atoms with E-state index in [9.17, 15) is 14.4 Å². The number of carbonyl (C=O) groups is 3. The van der Waals surface area contributed by atoms with Crippen molar-refractivity contribution in [2.75, 3.05) is 6.54 Å². The van der Waals surface area contributed by atoms with Gasteiger partial charge < -0.3 is 10.2 Å². The number of ketones is 1. The first kappa shape index (κ1) is 30.0. The number of carbonyl (C=O) groups excluding carboxylic acids is 3. The van der Waals surface area contributed by atoms with E-state index in [2.05, 4.69) is 39.4 Å². The third-order valence-electron chi connectivity index (χ3n) is 9.48. The number of piperidine rings is 1. The average Bonchev–Trinajstić information content (AvgIpc) is 3.30. The lowest BCUT2D eigenvalue weighted by Gasteiger charge is -2.30. The van der Waals surface area contributed by atoms with E-state index in [0.29, 0.717) is 30.0 Å². The minimum absolute atomic E-state index is 0.0129. The van der Waals surface area contributed by atoms with Gasteiger partial charge in [-0.15, -0.1) is 0 Å². The number of nitrogens with one attached hydrogen (secondary N) is 1. The Hall–Kier alpha value is -3.49. The smallest absolute Gasteiger partial charge is 0.242 e. The van der Waals surface area contributed by atoms with E-state index >= 15 is 0 Å². The molecule has 224 valence electrons.